The van der Waals surface area contributed by atoms with Crippen molar-refractivity contribution in [3.8, 4) is 11.3 Å². The minimum atomic E-state index is -0.345. The van der Waals surface area contributed by atoms with Gasteiger partial charge >= 0.3 is 0 Å². The van der Waals surface area contributed by atoms with Crippen LogP contribution in [0.25, 0.3) is 11.3 Å². The monoisotopic (exact) mass is 483 g/mol. The van der Waals surface area contributed by atoms with E-state index in [-0.39, 0.29) is 24.1 Å². The number of rotatable bonds is 7. The molecular weight excluding hydrogens is 457 g/mol. The number of pyridine rings is 1. The number of hydrogen-bond donors (Lipinski definition) is 3. The Hall–Kier alpha value is -4.46. The van der Waals surface area contributed by atoms with E-state index in [0.29, 0.717) is 35.7 Å². The number of hydrogen-bond acceptors (Lipinski definition) is 4. The summed E-state index contributed by atoms with van der Waals surface area (Å²) in [5.41, 5.74) is 5.34. The summed E-state index contributed by atoms with van der Waals surface area (Å²) >= 11 is 0. The summed E-state index contributed by atoms with van der Waals surface area (Å²) in [4.78, 5) is 35.4. The Morgan fingerprint density at radius 1 is 1.11 bits per heavy atom. The van der Waals surface area contributed by atoms with Crippen LogP contribution in [0.3, 0.4) is 0 Å². The van der Waals surface area contributed by atoms with Crippen molar-refractivity contribution < 1.29 is 14.0 Å². The Balaban J connectivity index is 1.46. The van der Waals surface area contributed by atoms with Crippen molar-refractivity contribution in [2.45, 2.75) is 19.8 Å². The normalized spacial score (nSPS) is 12.8. The van der Waals surface area contributed by atoms with E-state index in [9.17, 15) is 14.0 Å². The van der Waals surface area contributed by atoms with Gasteiger partial charge in [0.15, 0.2) is 0 Å². The minimum absolute atomic E-state index is 0.0124. The third kappa shape index (κ3) is 4.84. The van der Waals surface area contributed by atoms with Gasteiger partial charge in [0.05, 0.1) is 23.4 Å². The highest BCUT2D eigenvalue weighted by molar-refractivity contribution is 6.06. The molecule has 0 spiro atoms. The topological polar surface area (TPSA) is 90.1 Å². The van der Waals surface area contributed by atoms with E-state index in [1.807, 2.05) is 48.2 Å². The van der Waals surface area contributed by atoms with Gasteiger partial charge in [0.25, 0.3) is 5.91 Å². The Morgan fingerprint density at radius 2 is 1.89 bits per heavy atom. The molecule has 7 nitrogen and oxygen atoms in total. The molecule has 0 fully saturated rings. The summed E-state index contributed by atoms with van der Waals surface area (Å²) < 4.78 is 13.2. The zero-order valence-electron chi connectivity index (χ0n) is 19.8. The minimum Gasteiger partial charge on any atom is -0.356 e. The van der Waals surface area contributed by atoms with Crippen molar-refractivity contribution in [1.29, 1.82) is 0 Å². The second-order valence-corrected chi connectivity index (χ2v) is 8.64. The summed E-state index contributed by atoms with van der Waals surface area (Å²) in [6, 6.07) is 19.1. The van der Waals surface area contributed by atoms with E-state index >= 15 is 0 Å². The van der Waals surface area contributed by atoms with Gasteiger partial charge in [0.2, 0.25) is 5.91 Å². The first-order valence-corrected chi connectivity index (χ1v) is 11.9. The van der Waals surface area contributed by atoms with Crippen molar-refractivity contribution in [1.82, 2.24) is 14.9 Å². The van der Waals surface area contributed by atoms with Gasteiger partial charge in [-0.15, -0.1) is 0 Å². The first-order chi connectivity index (χ1) is 17.5. The molecule has 182 valence electrons. The highest BCUT2D eigenvalue weighted by Gasteiger charge is 2.31. The van der Waals surface area contributed by atoms with Gasteiger partial charge in [0, 0.05) is 42.7 Å². The zero-order chi connectivity index (χ0) is 25.1. The van der Waals surface area contributed by atoms with Crippen molar-refractivity contribution in [3.05, 3.63) is 95.6 Å². The molecule has 0 radical (unpaired) electrons. The number of fused-ring (bicyclic) bond motifs is 1. The van der Waals surface area contributed by atoms with E-state index in [2.05, 4.69) is 20.6 Å². The molecule has 0 unspecified atom stereocenters. The standard InChI is InChI=1S/C28H26FN5O2/c1-2-34-15-13-22-25(28(34)36)27(31-21-6-4-3-5-7-21)26(32-22)19-12-14-30-23(17-19)33-24(35)16-18-8-10-20(29)11-9-18/h3-12,14,17,31-32H,2,13,15-16H2,1H3,(H,30,33,35). The van der Waals surface area contributed by atoms with E-state index in [1.165, 1.54) is 12.1 Å². The average Bonchev–Trinajstić information content (AvgIpc) is 3.25. The second-order valence-electron chi connectivity index (χ2n) is 8.64. The lowest BCUT2D eigenvalue weighted by atomic mass is 10.0. The van der Waals surface area contributed by atoms with Crippen LogP contribution in [0.4, 0.5) is 21.6 Å². The lowest BCUT2D eigenvalue weighted by Crippen LogP contribution is -2.37. The first kappa shape index (κ1) is 23.3. The molecule has 36 heavy (non-hydrogen) atoms. The largest absolute Gasteiger partial charge is 0.356 e. The van der Waals surface area contributed by atoms with Crippen LogP contribution in [-0.4, -0.2) is 39.8 Å². The summed E-state index contributed by atoms with van der Waals surface area (Å²) in [6.45, 7) is 3.28. The van der Waals surface area contributed by atoms with E-state index in [1.54, 1.807) is 24.4 Å². The van der Waals surface area contributed by atoms with Gasteiger partial charge in [-0.2, -0.15) is 0 Å². The number of amides is 2. The van der Waals surface area contributed by atoms with Crippen LogP contribution in [0.2, 0.25) is 0 Å². The SMILES string of the molecule is CCN1CCc2[nH]c(-c3ccnc(NC(=O)Cc4ccc(F)cc4)c3)c(Nc3ccccc3)c2C1=O. The summed E-state index contributed by atoms with van der Waals surface area (Å²) in [5.74, 6) is -0.225. The van der Waals surface area contributed by atoms with Crippen LogP contribution in [0, 0.1) is 5.82 Å². The zero-order valence-corrected chi connectivity index (χ0v) is 19.8. The fourth-order valence-electron chi connectivity index (χ4n) is 4.42. The van der Waals surface area contributed by atoms with Crippen molar-refractivity contribution in [2.24, 2.45) is 0 Å². The van der Waals surface area contributed by atoms with Crippen LogP contribution < -0.4 is 10.6 Å². The average molecular weight is 484 g/mol. The predicted molar refractivity (Wildman–Crippen MR) is 138 cm³/mol. The highest BCUT2D eigenvalue weighted by atomic mass is 19.1. The molecule has 2 aromatic heterocycles. The molecule has 1 aliphatic heterocycles. The molecule has 0 bridgehead atoms. The number of carbonyl (C=O) groups is 2. The predicted octanol–water partition coefficient (Wildman–Crippen LogP) is 5.16. The van der Waals surface area contributed by atoms with Gasteiger partial charge in [-0.1, -0.05) is 30.3 Å². The fourth-order valence-corrected chi connectivity index (χ4v) is 4.42. The maximum Gasteiger partial charge on any atom is 0.257 e. The van der Waals surface area contributed by atoms with Gasteiger partial charge in [0.1, 0.15) is 11.6 Å². The molecule has 0 aliphatic carbocycles. The van der Waals surface area contributed by atoms with E-state index in [0.717, 1.165) is 29.1 Å². The van der Waals surface area contributed by atoms with Crippen LogP contribution in [0.15, 0.2) is 72.9 Å². The molecule has 2 aromatic carbocycles. The lowest BCUT2D eigenvalue weighted by molar-refractivity contribution is -0.115. The number of aromatic amines is 1. The van der Waals surface area contributed by atoms with Crippen molar-refractivity contribution >= 4 is 29.0 Å². The molecule has 0 atom stereocenters. The number of benzene rings is 2. The first-order valence-electron chi connectivity index (χ1n) is 11.9. The number of nitrogens with zero attached hydrogens (tertiary/aromatic N) is 2. The van der Waals surface area contributed by atoms with Crippen LogP contribution in [0.5, 0.6) is 0 Å². The van der Waals surface area contributed by atoms with Crippen LogP contribution in [0.1, 0.15) is 28.5 Å². The number of para-hydroxylation sites is 1. The molecule has 2 amide bonds. The number of carbonyl (C=O) groups excluding carboxylic acids is 2. The maximum absolute atomic E-state index is 13.3. The summed E-state index contributed by atoms with van der Waals surface area (Å²) in [7, 11) is 0. The number of aromatic nitrogens is 2. The molecule has 0 saturated heterocycles. The molecule has 4 aromatic rings. The fraction of sp³-hybridized carbons (Fsp3) is 0.179. The second kappa shape index (κ2) is 10.0. The smallest absolute Gasteiger partial charge is 0.257 e. The third-order valence-corrected chi connectivity index (χ3v) is 6.23. The Morgan fingerprint density at radius 3 is 2.64 bits per heavy atom. The third-order valence-electron chi connectivity index (χ3n) is 6.23. The quantitative estimate of drug-likeness (QED) is 0.339. The number of halogens is 1. The molecule has 1 aliphatic rings. The van der Waals surface area contributed by atoms with E-state index in [4.69, 9.17) is 0 Å². The molecule has 8 heteroatoms. The lowest BCUT2D eigenvalue weighted by Gasteiger charge is -2.26. The number of anilines is 3. The Kier molecular flexibility index (Phi) is 6.49. The number of nitrogens with one attached hydrogen (secondary N) is 3. The summed E-state index contributed by atoms with van der Waals surface area (Å²) in [6.07, 6.45) is 2.45. The van der Waals surface area contributed by atoms with Crippen LogP contribution in [-0.2, 0) is 17.6 Å². The molecular formula is C28H26FN5O2. The number of H-pyrrole nitrogens is 1. The van der Waals surface area contributed by atoms with Gasteiger partial charge in [-0.05, 0) is 48.9 Å². The maximum atomic E-state index is 13.3. The molecule has 0 saturated carbocycles. The Bertz CT molecular complexity index is 1400. The van der Waals surface area contributed by atoms with Gasteiger partial charge < -0.3 is 20.5 Å². The van der Waals surface area contributed by atoms with Crippen molar-refractivity contribution in [3.63, 3.8) is 0 Å². The number of likely N-dealkylation sites (N-methyl/N-ethyl adjacent to an activating group) is 1. The highest BCUT2D eigenvalue weighted by Crippen LogP contribution is 2.38. The van der Waals surface area contributed by atoms with Gasteiger partial charge in [-0.25, -0.2) is 9.37 Å². The molecule has 3 N–H and O–H groups in total. The van der Waals surface area contributed by atoms with E-state index < -0.39 is 0 Å². The van der Waals surface area contributed by atoms with Gasteiger partial charge in [-0.3, -0.25) is 9.59 Å². The van der Waals surface area contributed by atoms with Crippen molar-refractivity contribution in [2.75, 3.05) is 23.7 Å². The molecule has 3 heterocycles. The van der Waals surface area contributed by atoms with Crippen LogP contribution >= 0.6 is 0 Å². The Labute approximate surface area is 208 Å². The molecule has 5 rings (SSSR count). The summed E-state index contributed by atoms with van der Waals surface area (Å²) in [5, 5.41) is 6.25.